The van der Waals surface area contributed by atoms with Crippen LogP contribution in [0.25, 0.3) is 0 Å². The number of piperidine rings is 1. The molecule has 1 saturated carbocycles. The topological polar surface area (TPSA) is 20.3 Å². The molecular formula is C15H26ClNO. The van der Waals surface area contributed by atoms with E-state index in [-0.39, 0.29) is 0 Å². The van der Waals surface area contributed by atoms with Gasteiger partial charge in [-0.3, -0.25) is 4.79 Å². The summed E-state index contributed by atoms with van der Waals surface area (Å²) in [6.45, 7) is 0.933. The Hall–Kier alpha value is -0.240. The number of alkyl halides is 1. The van der Waals surface area contributed by atoms with Crippen LogP contribution in [0.1, 0.15) is 64.2 Å². The van der Waals surface area contributed by atoms with Crippen molar-refractivity contribution in [3.8, 4) is 0 Å². The molecule has 2 fully saturated rings. The highest BCUT2D eigenvalue weighted by Gasteiger charge is 2.27. The molecular weight excluding hydrogens is 246 g/mol. The van der Waals surface area contributed by atoms with Crippen molar-refractivity contribution in [3.63, 3.8) is 0 Å². The van der Waals surface area contributed by atoms with Crippen molar-refractivity contribution in [2.75, 3.05) is 12.4 Å². The second kappa shape index (κ2) is 7.37. The molecule has 1 amide bonds. The average molecular weight is 272 g/mol. The van der Waals surface area contributed by atoms with Crippen molar-refractivity contribution in [3.05, 3.63) is 0 Å². The number of nitrogens with zero attached hydrogens (tertiary/aromatic N) is 1. The molecule has 1 unspecified atom stereocenters. The zero-order valence-corrected chi connectivity index (χ0v) is 12.1. The summed E-state index contributed by atoms with van der Waals surface area (Å²) in [6.07, 6.45) is 12.1. The second-order valence-electron chi connectivity index (χ2n) is 5.95. The van der Waals surface area contributed by atoms with Gasteiger partial charge in [0.05, 0.1) is 0 Å². The summed E-state index contributed by atoms with van der Waals surface area (Å²) in [5, 5.41) is 0. The van der Waals surface area contributed by atoms with Crippen LogP contribution in [0.4, 0.5) is 0 Å². The summed E-state index contributed by atoms with van der Waals surface area (Å²) in [6, 6.07) is 0.304. The second-order valence-corrected chi connectivity index (χ2v) is 6.26. The van der Waals surface area contributed by atoms with Crippen LogP contribution in [0.2, 0.25) is 0 Å². The predicted molar refractivity (Wildman–Crippen MR) is 75.9 cm³/mol. The lowest BCUT2D eigenvalue weighted by Gasteiger charge is -2.35. The first-order chi connectivity index (χ1) is 8.81. The van der Waals surface area contributed by atoms with Crippen LogP contribution in [0.3, 0.4) is 0 Å². The lowest BCUT2D eigenvalue weighted by Crippen LogP contribution is -2.45. The third-order valence-electron chi connectivity index (χ3n) is 4.56. The van der Waals surface area contributed by atoms with E-state index in [1.807, 2.05) is 0 Å². The quantitative estimate of drug-likeness (QED) is 0.562. The molecule has 104 valence electrons. The minimum atomic E-state index is 0.304. The van der Waals surface area contributed by atoms with Crippen molar-refractivity contribution >= 4 is 17.5 Å². The number of likely N-dealkylation sites (tertiary alicyclic amines) is 1. The Kier molecular flexibility index (Phi) is 5.81. The summed E-state index contributed by atoms with van der Waals surface area (Å²) in [5.74, 6) is 1.61. The third kappa shape index (κ3) is 3.88. The summed E-state index contributed by atoms with van der Waals surface area (Å²) < 4.78 is 0. The molecule has 2 rings (SSSR count). The van der Waals surface area contributed by atoms with Crippen molar-refractivity contribution in [2.24, 2.45) is 5.92 Å². The maximum absolute atomic E-state index is 12.4. The number of hydrogen-bond donors (Lipinski definition) is 0. The molecule has 0 bridgehead atoms. The Balaban J connectivity index is 1.85. The van der Waals surface area contributed by atoms with E-state index in [9.17, 15) is 4.79 Å². The summed E-state index contributed by atoms with van der Waals surface area (Å²) in [5.41, 5.74) is 0. The minimum Gasteiger partial charge on any atom is -0.339 e. The lowest BCUT2D eigenvalue weighted by atomic mass is 9.94. The Morgan fingerprint density at radius 2 is 1.67 bits per heavy atom. The predicted octanol–water partition coefficient (Wildman–Crippen LogP) is 3.97. The Morgan fingerprint density at radius 3 is 2.33 bits per heavy atom. The van der Waals surface area contributed by atoms with E-state index in [0.29, 0.717) is 23.7 Å². The third-order valence-corrected chi connectivity index (χ3v) is 4.92. The number of carbonyl (C=O) groups excluding carboxylic acids is 1. The first kappa shape index (κ1) is 14.2. The number of amides is 1. The summed E-state index contributed by atoms with van der Waals surface area (Å²) >= 11 is 5.99. The Morgan fingerprint density at radius 1 is 1.00 bits per heavy atom. The van der Waals surface area contributed by atoms with Crippen molar-refractivity contribution in [2.45, 2.75) is 70.3 Å². The first-order valence-corrected chi connectivity index (χ1v) is 8.20. The molecule has 3 heteroatoms. The van der Waals surface area contributed by atoms with E-state index in [4.69, 9.17) is 11.6 Å². The molecule has 0 N–H and O–H groups in total. The molecule has 0 aromatic rings. The van der Waals surface area contributed by atoms with Gasteiger partial charge in [0.25, 0.3) is 0 Å². The van der Waals surface area contributed by atoms with Gasteiger partial charge in [0.1, 0.15) is 0 Å². The van der Waals surface area contributed by atoms with Gasteiger partial charge < -0.3 is 4.90 Å². The lowest BCUT2D eigenvalue weighted by molar-refractivity contribution is -0.135. The highest BCUT2D eigenvalue weighted by atomic mass is 35.5. The monoisotopic (exact) mass is 271 g/mol. The highest BCUT2D eigenvalue weighted by Crippen LogP contribution is 2.27. The molecule has 2 nitrogen and oxygen atoms in total. The van der Waals surface area contributed by atoms with Crippen LogP contribution in [0, 0.1) is 5.92 Å². The van der Waals surface area contributed by atoms with E-state index >= 15 is 0 Å². The van der Waals surface area contributed by atoms with Gasteiger partial charge in [-0.1, -0.05) is 25.7 Å². The van der Waals surface area contributed by atoms with E-state index in [1.54, 1.807) is 0 Å². The number of hydrogen-bond acceptors (Lipinski definition) is 1. The first-order valence-electron chi connectivity index (χ1n) is 7.66. The van der Waals surface area contributed by atoms with E-state index in [1.165, 1.54) is 44.9 Å². The minimum absolute atomic E-state index is 0.304. The molecule has 0 radical (unpaired) electrons. The fourth-order valence-corrected chi connectivity index (χ4v) is 3.74. The highest BCUT2D eigenvalue weighted by molar-refractivity contribution is 6.18. The summed E-state index contributed by atoms with van der Waals surface area (Å²) in [4.78, 5) is 14.5. The smallest absolute Gasteiger partial charge is 0.223 e. The molecule has 1 aliphatic heterocycles. The molecule has 1 saturated heterocycles. The maximum atomic E-state index is 12.4. The van der Waals surface area contributed by atoms with E-state index in [0.717, 1.165) is 25.8 Å². The molecule has 18 heavy (non-hydrogen) atoms. The van der Waals surface area contributed by atoms with Gasteiger partial charge in [0.2, 0.25) is 5.91 Å². The van der Waals surface area contributed by atoms with E-state index in [2.05, 4.69) is 4.90 Å². The molecule has 0 aromatic heterocycles. The largest absolute Gasteiger partial charge is 0.339 e. The molecule has 1 heterocycles. The Labute approximate surface area is 116 Å². The van der Waals surface area contributed by atoms with Crippen LogP contribution in [0.15, 0.2) is 0 Å². The van der Waals surface area contributed by atoms with E-state index < -0.39 is 0 Å². The number of halogens is 1. The van der Waals surface area contributed by atoms with Crippen LogP contribution < -0.4 is 0 Å². The molecule has 0 spiro atoms. The molecule has 2 aliphatic rings. The van der Waals surface area contributed by atoms with Gasteiger partial charge in [-0.05, 0) is 38.0 Å². The fraction of sp³-hybridized carbons (Fsp3) is 0.933. The number of carbonyl (C=O) groups is 1. The standard InChI is InChI=1S/C15H26ClNO/c16-12-14-9-5-6-10-17(14)15(18)11-13-7-3-1-2-4-8-13/h13-14H,1-12H2. The van der Waals surface area contributed by atoms with Crippen LogP contribution in [-0.2, 0) is 4.79 Å². The fourth-order valence-electron chi connectivity index (χ4n) is 3.42. The van der Waals surface area contributed by atoms with Gasteiger partial charge in [0.15, 0.2) is 0 Å². The zero-order valence-electron chi connectivity index (χ0n) is 11.4. The molecule has 1 atom stereocenters. The van der Waals surface area contributed by atoms with Gasteiger partial charge in [-0.2, -0.15) is 0 Å². The molecule has 1 aliphatic carbocycles. The van der Waals surface area contributed by atoms with Crippen molar-refractivity contribution < 1.29 is 4.79 Å². The Bertz CT molecular complexity index is 261. The normalized spacial score (nSPS) is 26.9. The van der Waals surface area contributed by atoms with Gasteiger partial charge in [-0.15, -0.1) is 11.6 Å². The average Bonchev–Trinajstić information content (AvgIpc) is 2.67. The molecule has 0 aromatic carbocycles. The van der Waals surface area contributed by atoms with Gasteiger partial charge in [0, 0.05) is 24.9 Å². The zero-order chi connectivity index (χ0) is 12.8. The maximum Gasteiger partial charge on any atom is 0.223 e. The van der Waals surface area contributed by atoms with Crippen LogP contribution >= 0.6 is 11.6 Å². The number of rotatable bonds is 3. The van der Waals surface area contributed by atoms with Gasteiger partial charge >= 0.3 is 0 Å². The van der Waals surface area contributed by atoms with Crippen LogP contribution in [-0.4, -0.2) is 29.3 Å². The SMILES string of the molecule is O=C(CC1CCCCCC1)N1CCCCC1CCl. The van der Waals surface area contributed by atoms with Crippen LogP contribution in [0.5, 0.6) is 0 Å². The summed E-state index contributed by atoms with van der Waals surface area (Å²) in [7, 11) is 0. The van der Waals surface area contributed by atoms with Crippen molar-refractivity contribution in [1.29, 1.82) is 0 Å². The van der Waals surface area contributed by atoms with Crippen molar-refractivity contribution in [1.82, 2.24) is 4.90 Å². The van der Waals surface area contributed by atoms with Gasteiger partial charge in [-0.25, -0.2) is 0 Å².